The smallest absolute Gasteiger partial charge is 0.340 e. The van der Waals surface area contributed by atoms with Gasteiger partial charge in [0.1, 0.15) is 11.5 Å². The van der Waals surface area contributed by atoms with E-state index in [0.29, 0.717) is 30.9 Å². The Morgan fingerprint density at radius 2 is 2.25 bits per heavy atom. The maximum absolute atomic E-state index is 10.9. The zero-order chi connectivity index (χ0) is 14.5. The molecule has 0 spiro atoms. The molecule has 0 bridgehead atoms. The van der Waals surface area contributed by atoms with Crippen LogP contribution < -0.4 is 11.0 Å². The largest absolute Gasteiger partial charge is 0.379 e. The molecule has 0 atom stereocenters. The van der Waals surface area contributed by atoms with E-state index < -0.39 is 4.92 Å². The second-order valence-electron chi connectivity index (χ2n) is 4.43. The van der Waals surface area contributed by atoms with Crippen LogP contribution in [0.3, 0.4) is 0 Å². The zero-order valence-corrected chi connectivity index (χ0v) is 11.0. The van der Waals surface area contributed by atoms with E-state index in [0.717, 1.165) is 5.56 Å². The highest BCUT2D eigenvalue weighted by atomic mass is 16.6. The summed E-state index contributed by atoms with van der Waals surface area (Å²) in [5, 5.41) is 20.0. The van der Waals surface area contributed by atoms with E-state index in [1.165, 1.54) is 6.07 Å². The molecule has 1 heterocycles. The van der Waals surface area contributed by atoms with Crippen LogP contribution in [0.25, 0.3) is 0 Å². The lowest BCUT2D eigenvalue weighted by molar-refractivity contribution is -0.384. The minimum Gasteiger partial charge on any atom is -0.379 e. The molecule has 0 aliphatic carbocycles. The number of nitrogens with one attached hydrogen (secondary N) is 3. The minimum absolute atomic E-state index is 0.0678. The van der Waals surface area contributed by atoms with Gasteiger partial charge in [-0.3, -0.25) is 15.1 Å². The summed E-state index contributed by atoms with van der Waals surface area (Å²) in [5.41, 5.74) is 1.08. The molecule has 0 radical (unpaired) electrons. The summed E-state index contributed by atoms with van der Waals surface area (Å²) >= 11 is 0. The van der Waals surface area contributed by atoms with E-state index in [1.54, 1.807) is 6.07 Å². The number of nitro groups is 1. The third kappa shape index (κ3) is 3.44. The summed E-state index contributed by atoms with van der Waals surface area (Å²) in [6.07, 6.45) is 1.29. The van der Waals surface area contributed by atoms with Crippen LogP contribution in [0.4, 0.5) is 11.4 Å². The fourth-order valence-electron chi connectivity index (χ4n) is 1.84. The lowest BCUT2D eigenvalue weighted by atomic mass is 10.2. The second kappa shape index (κ2) is 6.00. The van der Waals surface area contributed by atoms with Crippen molar-refractivity contribution < 1.29 is 4.92 Å². The summed E-state index contributed by atoms with van der Waals surface area (Å²) in [5.74, 6) is 0.579. The molecular weight excluding hydrogens is 262 g/mol. The average Bonchev–Trinajstić information content (AvgIpc) is 2.81. The van der Waals surface area contributed by atoms with Gasteiger partial charge in [-0.05, 0) is 25.0 Å². The SMILES string of the molecule is Cc1ccc(NCCCc2n[nH]c(=O)[nH]2)c([N+](=O)[O-])c1. The van der Waals surface area contributed by atoms with Gasteiger partial charge < -0.3 is 5.32 Å². The number of rotatable bonds is 6. The molecule has 0 saturated carbocycles. The van der Waals surface area contributed by atoms with E-state index in [-0.39, 0.29) is 11.4 Å². The van der Waals surface area contributed by atoms with Crippen LogP contribution in [0, 0.1) is 17.0 Å². The van der Waals surface area contributed by atoms with E-state index in [9.17, 15) is 14.9 Å². The fraction of sp³-hybridized carbons (Fsp3) is 0.333. The van der Waals surface area contributed by atoms with Gasteiger partial charge in [0.25, 0.3) is 5.69 Å². The Kier molecular flexibility index (Phi) is 4.14. The molecule has 2 rings (SSSR count). The summed E-state index contributed by atoms with van der Waals surface area (Å²) in [7, 11) is 0. The van der Waals surface area contributed by atoms with Crippen LogP contribution in [-0.4, -0.2) is 26.6 Å². The predicted octanol–water partition coefficient (Wildman–Crippen LogP) is 1.36. The molecule has 8 nitrogen and oxygen atoms in total. The molecule has 3 N–H and O–H groups in total. The summed E-state index contributed by atoms with van der Waals surface area (Å²) in [6.45, 7) is 2.36. The molecule has 1 aromatic heterocycles. The van der Waals surface area contributed by atoms with E-state index >= 15 is 0 Å². The first-order chi connectivity index (χ1) is 9.56. The van der Waals surface area contributed by atoms with Crippen molar-refractivity contribution in [3.05, 3.63) is 50.2 Å². The number of anilines is 1. The van der Waals surface area contributed by atoms with Gasteiger partial charge in [0.15, 0.2) is 0 Å². The van der Waals surface area contributed by atoms with Crippen LogP contribution in [-0.2, 0) is 6.42 Å². The van der Waals surface area contributed by atoms with Crippen molar-refractivity contribution in [1.29, 1.82) is 0 Å². The molecule has 2 aromatic rings. The monoisotopic (exact) mass is 277 g/mol. The molecule has 106 valence electrons. The third-order valence-corrected chi connectivity index (χ3v) is 2.81. The van der Waals surface area contributed by atoms with Crippen molar-refractivity contribution in [2.75, 3.05) is 11.9 Å². The summed E-state index contributed by atoms with van der Waals surface area (Å²) < 4.78 is 0. The van der Waals surface area contributed by atoms with Gasteiger partial charge in [-0.15, -0.1) is 0 Å². The van der Waals surface area contributed by atoms with Crippen molar-refractivity contribution in [2.45, 2.75) is 19.8 Å². The highest BCUT2D eigenvalue weighted by Crippen LogP contribution is 2.25. The van der Waals surface area contributed by atoms with Crippen LogP contribution >= 0.6 is 0 Å². The van der Waals surface area contributed by atoms with Gasteiger partial charge in [-0.1, -0.05) is 6.07 Å². The highest BCUT2D eigenvalue weighted by molar-refractivity contribution is 5.62. The highest BCUT2D eigenvalue weighted by Gasteiger charge is 2.12. The molecule has 0 unspecified atom stereocenters. The lowest BCUT2D eigenvalue weighted by Gasteiger charge is -2.07. The maximum atomic E-state index is 10.9. The molecule has 0 aliphatic heterocycles. The normalized spacial score (nSPS) is 10.4. The number of aromatic amines is 2. The zero-order valence-electron chi connectivity index (χ0n) is 11.0. The van der Waals surface area contributed by atoms with E-state index in [4.69, 9.17) is 0 Å². The van der Waals surface area contributed by atoms with Crippen LogP contribution in [0.5, 0.6) is 0 Å². The summed E-state index contributed by atoms with van der Waals surface area (Å²) in [4.78, 5) is 23.9. The van der Waals surface area contributed by atoms with Crippen molar-refractivity contribution in [3.8, 4) is 0 Å². The van der Waals surface area contributed by atoms with E-state index in [2.05, 4.69) is 20.5 Å². The molecule has 8 heteroatoms. The van der Waals surface area contributed by atoms with Crippen molar-refractivity contribution in [3.63, 3.8) is 0 Å². The minimum atomic E-state index is -0.402. The number of benzene rings is 1. The quantitative estimate of drug-likeness (QED) is 0.418. The second-order valence-corrected chi connectivity index (χ2v) is 4.43. The van der Waals surface area contributed by atoms with Crippen LogP contribution in [0.1, 0.15) is 17.8 Å². The molecule has 0 saturated heterocycles. The van der Waals surface area contributed by atoms with Crippen molar-refractivity contribution >= 4 is 11.4 Å². The van der Waals surface area contributed by atoms with Crippen LogP contribution in [0.15, 0.2) is 23.0 Å². The first kappa shape index (κ1) is 13.8. The van der Waals surface area contributed by atoms with Gasteiger partial charge in [0.2, 0.25) is 0 Å². The Labute approximate surface area is 114 Å². The number of hydrogen-bond donors (Lipinski definition) is 3. The number of nitro benzene ring substituents is 1. The molecule has 20 heavy (non-hydrogen) atoms. The number of nitrogens with zero attached hydrogens (tertiary/aromatic N) is 2. The van der Waals surface area contributed by atoms with Gasteiger partial charge in [-0.25, -0.2) is 9.89 Å². The first-order valence-electron chi connectivity index (χ1n) is 6.19. The fourth-order valence-corrected chi connectivity index (χ4v) is 1.84. The van der Waals surface area contributed by atoms with Gasteiger partial charge in [0, 0.05) is 19.0 Å². The summed E-state index contributed by atoms with van der Waals surface area (Å²) in [6, 6.07) is 5.05. The molecule has 0 amide bonds. The van der Waals surface area contributed by atoms with Crippen molar-refractivity contribution in [1.82, 2.24) is 15.2 Å². The molecule has 0 fully saturated rings. The Bertz CT molecular complexity index is 661. The number of H-pyrrole nitrogens is 2. The molecule has 1 aromatic carbocycles. The molecular formula is C12H15N5O3. The standard InChI is InChI=1S/C12H15N5O3/c1-8-4-5-9(10(7-8)17(19)20)13-6-2-3-11-14-12(18)16-15-11/h4-5,7,13H,2-3,6H2,1H3,(H2,14,15,16,18). The number of aryl methyl sites for hydroxylation is 2. The van der Waals surface area contributed by atoms with Gasteiger partial charge in [-0.2, -0.15) is 5.10 Å². The van der Waals surface area contributed by atoms with Crippen LogP contribution in [0.2, 0.25) is 0 Å². The Morgan fingerprint density at radius 3 is 2.90 bits per heavy atom. The Hall–Kier alpha value is -2.64. The Morgan fingerprint density at radius 1 is 1.45 bits per heavy atom. The van der Waals surface area contributed by atoms with Gasteiger partial charge in [0.05, 0.1) is 4.92 Å². The van der Waals surface area contributed by atoms with Gasteiger partial charge >= 0.3 is 5.69 Å². The van der Waals surface area contributed by atoms with Crippen molar-refractivity contribution in [2.24, 2.45) is 0 Å². The van der Waals surface area contributed by atoms with E-state index in [1.807, 2.05) is 13.0 Å². The maximum Gasteiger partial charge on any atom is 0.340 e. The Balaban J connectivity index is 1.91. The first-order valence-corrected chi connectivity index (χ1v) is 6.19. The predicted molar refractivity (Wildman–Crippen MR) is 73.9 cm³/mol. The molecule has 0 aliphatic rings. The topological polar surface area (TPSA) is 117 Å². The third-order valence-electron chi connectivity index (χ3n) is 2.81. The number of hydrogen-bond acceptors (Lipinski definition) is 5. The number of aromatic nitrogens is 3. The lowest BCUT2D eigenvalue weighted by Crippen LogP contribution is -2.06. The average molecular weight is 277 g/mol.